The lowest BCUT2D eigenvalue weighted by Crippen LogP contribution is -2.36. The van der Waals surface area contributed by atoms with Crippen LogP contribution in [0.1, 0.15) is 26.8 Å². The summed E-state index contributed by atoms with van der Waals surface area (Å²) in [6.45, 7) is 2.34. The molecular formula is C17H22N4O2S. The standard InChI is InChI=1S/C17H22N4O2S/c1-11-6-7-12(16(18)22)9-13(11)20-17(23)19-10-14(21(2)3)15-5-4-8-24-15/h4-9,14H,10H2,1-3H3,(H2,18,22)(H2,19,20,23). The van der Waals surface area contributed by atoms with E-state index in [9.17, 15) is 9.59 Å². The molecule has 1 atom stereocenters. The van der Waals surface area contributed by atoms with Gasteiger partial charge in [-0.25, -0.2) is 4.79 Å². The van der Waals surface area contributed by atoms with E-state index in [0.29, 0.717) is 17.8 Å². The fourth-order valence-corrected chi connectivity index (χ4v) is 3.21. The number of amides is 3. The number of anilines is 1. The van der Waals surface area contributed by atoms with Gasteiger partial charge in [-0.05, 0) is 50.2 Å². The molecule has 0 bridgehead atoms. The Hall–Kier alpha value is -2.38. The zero-order valence-electron chi connectivity index (χ0n) is 14.0. The Bertz CT molecular complexity index is 713. The van der Waals surface area contributed by atoms with Crippen LogP contribution in [0.2, 0.25) is 0 Å². The molecule has 0 aliphatic carbocycles. The molecule has 0 aliphatic rings. The Morgan fingerprint density at radius 1 is 1.29 bits per heavy atom. The van der Waals surface area contributed by atoms with E-state index in [1.54, 1.807) is 29.5 Å². The van der Waals surface area contributed by atoms with E-state index in [1.165, 1.54) is 4.88 Å². The number of hydrogen-bond donors (Lipinski definition) is 3. The van der Waals surface area contributed by atoms with Gasteiger partial charge in [-0.1, -0.05) is 12.1 Å². The normalized spacial score (nSPS) is 12.0. The monoisotopic (exact) mass is 346 g/mol. The first-order valence-electron chi connectivity index (χ1n) is 7.53. The topological polar surface area (TPSA) is 87.5 Å². The zero-order chi connectivity index (χ0) is 17.7. The highest BCUT2D eigenvalue weighted by Gasteiger charge is 2.16. The second kappa shape index (κ2) is 7.94. The number of likely N-dealkylation sites (N-methyl/N-ethyl adjacent to an activating group) is 1. The number of urea groups is 1. The summed E-state index contributed by atoms with van der Waals surface area (Å²) >= 11 is 1.66. The molecule has 0 saturated carbocycles. The highest BCUT2D eigenvalue weighted by Crippen LogP contribution is 2.22. The molecule has 128 valence electrons. The van der Waals surface area contributed by atoms with Crippen molar-refractivity contribution < 1.29 is 9.59 Å². The molecule has 1 heterocycles. The van der Waals surface area contributed by atoms with Crippen molar-refractivity contribution in [3.8, 4) is 0 Å². The number of thiophene rings is 1. The summed E-state index contributed by atoms with van der Waals surface area (Å²) in [7, 11) is 3.95. The van der Waals surface area contributed by atoms with E-state index < -0.39 is 5.91 Å². The van der Waals surface area contributed by atoms with Crippen LogP contribution >= 0.6 is 11.3 Å². The summed E-state index contributed by atoms with van der Waals surface area (Å²) < 4.78 is 0. The summed E-state index contributed by atoms with van der Waals surface area (Å²) in [5, 5.41) is 7.67. The molecule has 0 saturated heterocycles. The first kappa shape index (κ1) is 18.0. The number of carbonyl (C=O) groups excluding carboxylic acids is 2. The Morgan fingerprint density at radius 2 is 2.04 bits per heavy atom. The van der Waals surface area contributed by atoms with Gasteiger partial charge in [0.25, 0.3) is 0 Å². The first-order valence-corrected chi connectivity index (χ1v) is 8.41. The van der Waals surface area contributed by atoms with Gasteiger partial charge in [0, 0.05) is 22.7 Å². The third-order valence-corrected chi connectivity index (χ3v) is 4.69. The third kappa shape index (κ3) is 4.56. The number of nitrogens with zero attached hydrogens (tertiary/aromatic N) is 1. The summed E-state index contributed by atoms with van der Waals surface area (Å²) in [6.07, 6.45) is 0. The molecule has 6 nitrogen and oxygen atoms in total. The maximum atomic E-state index is 12.2. The number of rotatable bonds is 6. The summed E-state index contributed by atoms with van der Waals surface area (Å²) in [5.41, 5.74) is 7.07. The van der Waals surface area contributed by atoms with Crippen molar-refractivity contribution in [2.45, 2.75) is 13.0 Å². The molecule has 1 aromatic heterocycles. The van der Waals surface area contributed by atoms with Gasteiger partial charge in [0.1, 0.15) is 0 Å². The van der Waals surface area contributed by atoms with Crippen molar-refractivity contribution in [2.75, 3.05) is 26.0 Å². The molecule has 1 unspecified atom stereocenters. The summed E-state index contributed by atoms with van der Waals surface area (Å²) in [6, 6.07) is 8.81. The average molecular weight is 346 g/mol. The van der Waals surface area contributed by atoms with E-state index in [0.717, 1.165) is 5.56 Å². The number of carbonyl (C=O) groups is 2. The molecule has 0 aliphatic heterocycles. The first-order chi connectivity index (χ1) is 11.4. The molecule has 3 amide bonds. The molecule has 24 heavy (non-hydrogen) atoms. The van der Waals surface area contributed by atoms with Crippen molar-refractivity contribution in [2.24, 2.45) is 5.73 Å². The number of nitrogens with two attached hydrogens (primary N) is 1. The van der Waals surface area contributed by atoms with Crippen molar-refractivity contribution in [3.05, 3.63) is 51.7 Å². The van der Waals surface area contributed by atoms with E-state index >= 15 is 0 Å². The van der Waals surface area contributed by atoms with E-state index in [2.05, 4.69) is 21.6 Å². The Kier molecular flexibility index (Phi) is 5.94. The van der Waals surface area contributed by atoms with Gasteiger partial charge in [0.15, 0.2) is 0 Å². The number of primary amides is 1. The molecule has 2 aromatic rings. The zero-order valence-corrected chi connectivity index (χ0v) is 14.8. The second-order valence-electron chi connectivity index (χ2n) is 5.72. The van der Waals surface area contributed by atoms with Crippen LogP contribution < -0.4 is 16.4 Å². The number of benzene rings is 1. The lowest BCUT2D eigenvalue weighted by atomic mass is 10.1. The molecule has 1 aromatic carbocycles. The van der Waals surface area contributed by atoms with Crippen LogP contribution in [0.4, 0.5) is 10.5 Å². The predicted molar refractivity (Wildman–Crippen MR) is 97.5 cm³/mol. The van der Waals surface area contributed by atoms with Crippen LogP contribution in [-0.2, 0) is 0 Å². The van der Waals surface area contributed by atoms with Crippen LogP contribution in [-0.4, -0.2) is 37.5 Å². The highest BCUT2D eigenvalue weighted by atomic mass is 32.1. The quantitative estimate of drug-likeness (QED) is 0.751. The van der Waals surface area contributed by atoms with Gasteiger partial charge in [-0.15, -0.1) is 11.3 Å². The largest absolute Gasteiger partial charge is 0.366 e. The minimum Gasteiger partial charge on any atom is -0.366 e. The molecule has 0 spiro atoms. The van der Waals surface area contributed by atoms with Crippen LogP contribution in [0.3, 0.4) is 0 Å². The maximum Gasteiger partial charge on any atom is 0.319 e. The van der Waals surface area contributed by atoms with Gasteiger partial charge >= 0.3 is 6.03 Å². The van der Waals surface area contributed by atoms with Crippen LogP contribution in [0.25, 0.3) is 0 Å². The summed E-state index contributed by atoms with van der Waals surface area (Å²) in [4.78, 5) is 26.7. The maximum absolute atomic E-state index is 12.2. The van der Waals surface area contributed by atoms with Gasteiger partial charge in [-0.3, -0.25) is 4.79 Å². The number of aryl methyl sites for hydroxylation is 1. The average Bonchev–Trinajstić information content (AvgIpc) is 3.03. The minimum absolute atomic E-state index is 0.105. The van der Waals surface area contributed by atoms with Crippen LogP contribution in [0, 0.1) is 6.92 Å². The van der Waals surface area contributed by atoms with Crippen molar-refractivity contribution in [1.82, 2.24) is 10.2 Å². The third-order valence-electron chi connectivity index (χ3n) is 3.72. The van der Waals surface area contributed by atoms with Gasteiger partial charge < -0.3 is 21.3 Å². The fourth-order valence-electron chi connectivity index (χ4n) is 2.28. The molecule has 2 rings (SSSR count). The van der Waals surface area contributed by atoms with Gasteiger partial charge in [0.05, 0.1) is 6.04 Å². The van der Waals surface area contributed by atoms with Crippen molar-refractivity contribution in [1.29, 1.82) is 0 Å². The Balaban J connectivity index is 2.00. The summed E-state index contributed by atoms with van der Waals surface area (Å²) in [5.74, 6) is -0.524. The van der Waals surface area contributed by atoms with E-state index in [1.807, 2.05) is 32.5 Å². The van der Waals surface area contributed by atoms with E-state index in [-0.39, 0.29) is 12.1 Å². The molecule has 4 N–H and O–H groups in total. The SMILES string of the molecule is Cc1ccc(C(N)=O)cc1NC(=O)NCC(c1cccs1)N(C)C. The highest BCUT2D eigenvalue weighted by molar-refractivity contribution is 7.10. The minimum atomic E-state index is -0.524. The Morgan fingerprint density at radius 3 is 2.62 bits per heavy atom. The molecule has 7 heteroatoms. The van der Waals surface area contributed by atoms with Crippen LogP contribution in [0.15, 0.2) is 35.7 Å². The molecular weight excluding hydrogens is 324 g/mol. The lowest BCUT2D eigenvalue weighted by Gasteiger charge is -2.23. The lowest BCUT2D eigenvalue weighted by molar-refractivity contribution is 0.100. The van der Waals surface area contributed by atoms with Gasteiger partial charge in [-0.2, -0.15) is 0 Å². The Labute approximate surface area is 145 Å². The second-order valence-corrected chi connectivity index (χ2v) is 6.70. The molecule has 0 fully saturated rings. The molecule has 0 radical (unpaired) electrons. The number of hydrogen-bond acceptors (Lipinski definition) is 4. The smallest absolute Gasteiger partial charge is 0.319 e. The van der Waals surface area contributed by atoms with E-state index in [4.69, 9.17) is 5.73 Å². The fraction of sp³-hybridized carbons (Fsp3) is 0.294. The van der Waals surface area contributed by atoms with Crippen molar-refractivity contribution in [3.63, 3.8) is 0 Å². The van der Waals surface area contributed by atoms with Gasteiger partial charge in [0.2, 0.25) is 5.91 Å². The van der Waals surface area contributed by atoms with Crippen LogP contribution in [0.5, 0.6) is 0 Å². The predicted octanol–water partition coefficient (Wildman–Crippen LogP) is 2.58. The van der Waals surface area contributed by atoms with Crippen molar-refractivity contribution >= 4 is 29.0 Å². The number of nitrogens with one attached hydrogen (secondary N) is 2.